The van der Waals surface area contributed by atoms with E-state index in [1.165, 1.54) is 7.11 Å². The summed E-state index contributed by atoms with van der Waals surface area (Å²) in [7, 11) is 1.39. The normalized spacial score (nSPS) is 23.0. The number of nitrogens with one attached hydrogen (secondary N) is 6. The second-order valence-electron chi connectivity index (χ2n) is 23.3. The standard InChI is InChI=1S/C60H79N9O15S/c1-10-60(39-25-44-48-35(24-34-14-11-12-15-40(34)65-48)28-69(44)55(77)38(39)29-81-58(60)79)84-56(78)47(32(6)7)67-46(71)27-62-52(74)41(22-30(2)3)64-45(70)26-61-53(75)42(23-31(4)5)66-54(76)43-16-13-21-68(43)59(85)63-36-17-19-37(20-18-36)83-57-50(73)51(80-9)49(72)33(8)82-57/h11-12,14-15,17-20,24-25,30-33,41-43,47,49-51,54,57,66,72-73,76H,10,13,16,21-23,26-29H2,1-9H3,(H,61,75)(H,62,74)(H,63,85)(H,64,70)(H,67,71)/t33-,41-,42-,43-,47-,49+,50-,51+,54?,57+,60-/m0/s1. The van der Waals surface area contributed by atoms with Crippen LogP contribution in [-0.4, -0.2) is 158 Å². The first-order valence-corrected chi connectivity index (χ1v) is 29.4. The van der Waals surface area contributed by atoms with Gasteiger partial charge < -0.3 is 75.1 Å². The summed E-state index contributed by atoms with van der Waals surface area (Å²) in [5, 5.41) is 50.5. The van der Waals surface area contributed by atoms with Crippen molar-refractivity contribution in [3.63, 3.8) is 0 Å². The van der Waals surface area contributed by atoms with Crippen LogP contribution >= 0.6 is 12.2 Å². The van der Waals surface area contributed by atoms with Gasteiger partial charge in [0.2, 0.25) is 35.5 Å². The van der Waals surface area contributed by atoms with E-state index < -0.39 is 127 Å². The number of aliphatic hydroxyl groups excluding tert-OH is 3. The number of aromatic nitrogens is 2. The zero-order chi connectivity index (χ0) is 61.6. The van der Waals surface area contributed by atoms with E-state index in [1.807, 2.05) is 62.9 Å². The molecule has 0 saturated carbocycles. The van der Waals surface area contributed by atoms with E-state index in [0.717, 1.165) is 10.9 Å². The van der Waals surface area contributed by atoms with Crippen LogP contribution in [0.4, 0.5) is 5.69 Å². The lowest BCUT2D eigenvalue weighted by atomic mass is 9.85. The third-order valence-electron chi connectivity index (χ3n) is 15.8. The highest BCUT2D eigenvalue weighted by Gasteiger charge is 2.52. The number of aliphatic hydroxyl groups is 3. The largest absolute Gasteiger partial charge is 0.462 e. The number of ether oxygens (including phenoxy) is 5. The molecular formula is C60H79N9O15S. The van der Waals surface area contributed by atoms with Gasteiger partial charge in [0.25, 0.3) is 5.56 Å². The number of rotatable bonds is 23. The molecule has 11 atom stereocenters. The van der Waals surface area contributed by atoms with Gasteiger partial charge in [-0.2, -0.15) is 0 Å². The number of nitrogens with zero attached hydrogens (tertiary/aromatic N) is 3. The monoisotopic (exact) mass is 1200 g/mol. The predicted molar refractivity (Wildman–Crippen MR) is 315 cm³/mol. The minimum atomic E-state index is -2.04. The van der Waals surface area contributed by atoms with Gasteiger partial charge in [-0.15, -0.1) is 0 Å². The first-order valence-electron chi connectivity index (χ1n) is 29.0. The molecule has 6 heterocycles. The second-order valence-corrected chi connectivity index (χ2v) is 23.7. The van der Waals surface area contributed by atoms with Crippen molar-refractivity contribution in [2.45, 2.75) is 167 Å². The molecule has 9 N–H and O–H groups in total. The van der Waals surface area contributed by atoms with Crippen LogP contribution in [0.15, 0.2) is 65.5 Å². The number of esters is 2. The Labute approximate surface area is 498 Å². The third kappa shape index (κ3) is 14.4. The highest BCUT2D eigenvalue weighted by atomic mass is 32.1. The number of pyridine rings is 2. The summed E-state index contributed by atoms with van der Waals surface area (Å²) >= 11 is 5.79. The molecule has 460 valence electrons. The maximum Gasteiger partial charge on any atom is 0.355 e. The fourth-order valence-corrected chi connectivity index (χ4v) is 11.6. The van der Waals surface area contributed by atoms with Crippen LogP contribution in [0.5, 0.6) is 5.75 Å². The molecule has 24 nitrogen and oxygen atoms in total. The van der Waals surface area contributed by atoms with Gasteiger partial charge in [-0.3, -0.25) is 29.3 Å². The van der Waals surface area contributed by atoms with E-state index in [0.29, 0.717) is 59.3 Å². The number of likely N-dealkylation sites (tertiary alicyclic amines) is 1. The number of anilines is 1. The van der Waals surface area contributed by atoms with E-state index >= 15 is 0 Å². The average molecular weight is 1200 g/mol. The summed E-state index contributed by atoms with van der Waals surface area (Å²) in [6, 6.07) is 14.0. The molecule has 0 aliphatic carbocycles. The third-order valence-corrected chi connectivity index (χ3v) is 16.2. The summed E-state index contributed by atoms with van der Waals surface area (Å²) in [5.41, 5.74) is 1.05. The van der Waals surface area contributed by atoms with Gasteiger partial charge >= 0.3 is 11.9 Å². The van der Waals surface area contributed by atoms with E-state index in [1.54, 1.807) is 62.6 Å². The van der Waals surface area contributed by atoms with Crippen LogP contribution in [0.2, 0.25) is 0 Å². The van der Waals surface area contributed by atoms with Crippen molar-refractivity contribution < 1.29 is 67.8 Å². The van der Waals surface area contributed by atoms with Crippen LogP contribution in [0.1, 0.15) is 104 Å². The lowest BCUT2D eigenvalue weighted by molar-refractivity contribution is -0.272. The zero-order valence-corrected chi connectivity index (χ0v) is 50.2. The summed E-state index contributed by atoms with van der Waals surface area (Å²) < 4.78 is 30.0. The molecule has 8 rings (SSSR count). The fourth-order valence-electron chi connectivity index (χ4n) is 11.3. The van der Waals surface area contributed by atoms with Crippen molar-refractivity contribution in [1.29, 1.82) is 0 Å². The number of para-hydroxylation sites is 1. The van der Waals surface area contributed by atoms with E-state index in [2.05, 4.69) is 31.9 Å². The highest BCUT2D eigenvalue weighted by Crippen LogP contribution is 2.41. The molecule has 4 amide bonds. The molecule has 1 unspecified atom stereocenters. The lowest BCUT2D eigenvalue weighted by Gasteiger charge is -2.40. The van der Waals surface area contributed by atoms with E-state index in [4.69, 9.17) is 40.9 Å². The number of amides is 4. The van der Waals surface area contributed by atoms with Gasteiger partial charge in [0.15, 0.2) is 5.11 Å². The van der Waals surface area contributed by atoms with Crippen molar-refractivity contribution >= 4 is 69.5 Å². The zero-order valence-electron chi connectivity index (χ0n) is 49.3. The van der Waals surface area contributed by atoms with E-state index in [-0.39, 0.29) is 49.0 Å². The fraction of sp³-hybridized carbons (Fsp3) is 0.550. The van der Waals surface area contributed by atoms with Crippen LogP contribution in [0.25, 0.3) is 22.3 Å². The molecule has 2 aromatic heterocycles. The molecule has 25 heteroatoms. The quantitative estimate of drug-likeness (QED) is 0.0258. The molecule has 4 aliphatic heterocycles. The highest BCUT2D eigenvalue weighted by molar-refractivity contribution is 7.80. The molecule has 0 radical (unpaired) electrons. The Balaban J connectivity index is 0.833. The van der Waals surface area contributed by atoms with Crippen LogP contribution in [-0.2, 0) is 66.5 Å². The number of cyclic esters (lactones) is 1. The number of hydrogen-bond donors (Lipinski definition) is 9. The molecule has 4 aromatic rings. The first kappa shape index (κ1) is 63.9. The van der Waals surface area contributed by atoms with Gasteiger partial charge in [0.1, 0.15) is 49.0 Å². The SMILES string of the molecule is CC[C@@]1(OC(=O)[C@@H](NC(=O)CNC(=O)[C@H](CC(C)C)NC(=O)CNC(=O)[C@H](CC(C)C)NC(O)[C@@H]2CCCN2C(=S)Nc2ccc(O[C@H]3O[C@@H](C)[C@@H](O)[C@@H](OC)[C@@H]3O)cc2)C(C)C)C(=O)OCc2c1cc1n(c2=O)Cc2cc3ccccc3nc2-1. The molecule has 2 saturated heterocycles. The van der Waals surface area contributed by atoms with Crippen LogP contribution < -0.4 is 42.2 Å². The predicted octanol–water partition coefficient (Wildman–Crippen LogP) is 2.58. The lowest BCUT2D eigenvalue weighted by Crippen LogP contribution is -2.59. The smallest absolute Gasteiger partial charge is 0.355 e. The van der Waals surface area contributed by atoms with Crippen molar-refractivity contribution in [3.05, 3.63) is 87.7 Å². The Hall–Kier alpha value is -7.13. The number of methoxy groups -OCH3 is 1. The van der Waals surface area contributed by atoms with Gasteiger partial charge in [-0.05, 0) is 111 Å². The number of hydrogen-bond acceptors (Lipinski definition) is 18. The molecule has 85 heavy (non-hydrogen) atoms. The molecule has 0 spiro atoms. The van der Waals surface area contributed by atoms with Crippen LogP contribution in [0.3, 0.4) is 0 Å². The van der Waals surface area contributed by atoms with Gasteiger partial charge in [0, 0.05) is 35.9 Å². The van der Waals surface area contributed by atoms with Crippen molar-refractivity contribution in [2.75, 3.05) is 32.1 Å². The number of thiocarbonyl (C=S) groups is 1. The Morgan fingerprint density at radius 2 is 1.54 bits per heavy atom. The first-order chi connectivity index (χ1) is 40.4. The van der Waals surface area contributed by atoms with Gasteiger partial charge in [-0.25, -0.2) is 14.6 Å². The van der Waals surface area contributed by atoms with E-state index in [9.17, 15) is 48.9 Å². The van der Waals surface area contributed by atoms with Gasteiger partial charge in [-0.1, -0.05) is 66.7 Å². The number of carbonyl (C=O) groups is 6. The maximum absolute atomic E-state index is 14.2. The molecule has 0 bridgehead atoms. The molecule has 2 fully saturated rings. The average Bonchev–Trinajstić information content (AvgIpc) is 1.73. The number of fused-ring (bicyclic) bond motifs is 5. The number of carbonyl (C=O) groups excluding carboxylic acids is 6. The molecular weight excluding hydrogens is 1120 g/mol. The molecule has 4 aliphatic rings. The topological polar surface area (TPSA) is 320 Å². The summed E-state index contributed by atoms with van der Waals surface area (Å²) in [6.45, 7) is 13.4. The Kier molecular flexibility index (Phi) is 20.7. The second kappa shape index (κ2) is 27.5. The summed E-state index contributed by atoms with van der Waals surface area (Å²) in [6.07, 6.45) is -4.50. The van der Waals surface area contributed by atoms with Crippen molar-refractivity contribution in [3.8, 4) is 17.1 Å². The van der Waals surface area contributed by atoms with Crippen molar-refractivity contribution in [2.24, 2.45) is 17.8 Å². The van der Waals surface area contributed by atoms with Crippen molar-refractivity contribution in [1.82, 2.24) is 41.0 Å². The van der Waals surface area contributed by atoms with Crippen LogP contribution in [0, 0.1) is 17.8 Å². The Bertz CT molecular complexity index is 3200. The maximum atomic E-state index is 14.2. The minimum absolute atomic E-state index is 0.00552. The Morgan fingerprint density at radius 1 is 0.882 bits per heavy atom. The molecule has 2 aromatic carbocycles. The van der Waals surface area contributed by atoms with Gasteiger partial charge in [0.05, 0.1) is 60.3 Å². The summed E-state index contributed by atoms with van der Waals surface area (Å²) in [5.74, 6) is -4.88. The Morgan fingerprint density at radius 3 is 2.20 bits per heavy atom. The minimum Gasteiger partial charge on any atom is -0.462 e. The number of benzene rings is 2. The summed E-state index contributed by atoms with van der Waals surface area (Å²) in [4.78, 5) is 103.